The number of nitrogens with zero attached hydrogens (tertiary/aromatic N) is 2. The number of ether oxygens (including phenoxy) is 1. The van der Waals surface area contributed by atoms with Crippen LogP contribution < -0.4 is 5.56 Å². The van der Waals surface area contributed by atoms with Crippen LogP contribution in [-0.2, 0) is 16.6 Å². The number of hydrogen-bond donors (Lipinski definition) is 2. The topological polar surface area (TPSA) is 119 Å². The van der Waals surface area contributed by atoms with Crippen LogP contribution in [-0.4, -0.2) is 38.1 Å². The van der Waals surface area contributed by atoms with E-state index >= 15 is 0 Å². The summed E-state index contributed by atoms with van der Waals surface area (Å²) in [6.07, 6.45) is 3.58. The molecule has 2 aromatic heterocycles. The van der Waals surface area contributed by atoms with Crippen molar-refractivity contribution in [3.8, 4) is 5.75 Å². The van der Waals surface area contributed by atoms with Gasteiger partial charge in [0.15, 0.2) is 5.78 Å². The summed E-state index contributed by atoms with van der Waals surface area (Å²) in [6, 6.07) is 1.68. The highest BCUT2D eigenvalue weighted by molar-refractivity contribution is 6.03. The van der Waals surface area contributed by atoms with Gasteiger partial charge < -0.3 is 14.9 Å². The molecule has 0 aliphatic carbocycles. The van der Waals surface area contributed by atoms with Gasteiger partial charge in [-0.05, 0) is 30.9 Å². The van der Waals surface area contributed by atoms with Gasteiger partial charge in [0.05, 0.1) is 17.9 Å². The summed E-state index contributed by atoms with van der Waals surface area (Å²) in [5.74, 6) is -2.30. The molecule has 0 radical (unpaired) electrons. The third kappa shape index (κ3) is 3.32. The molecule has 0 aromatic carbocycles. The number of carboxylic acids is 1. The van der Waals surface area contributed by atoms with Crippen LogP contribution in [0.3, 0.4) is 0 Å². The number of fused-ring (bicyclic) bond motifs is 1. The first kappa shape index (κ1) is 18.1. The van der Waals surface area contributed by atoms with Gasteiger partial charge in [-0.25, -0.2) is 4.98 Å². The molecule has 138 valence electrons. The van der Waals surface area contributed by atoms with Crippen LogP contribution in [0, 0.1) is 0 Å². The van der Waals surface area contributed by atoms with Gasteiger partial charge in [-0.15, -0.1) is 0 Å². The second kappa shape index (κ2) is 7.25. The lowest BCUT2D eigenvalue weighted by Gasteiger charge is -2.23. The molecule has 8 heteroatoms. The van der Waals surface area contributed by atoms with Crippen molar-refractivity contribution in [1.29, 1.82) is 0 Å². The van der Waals surface area contributed by atoms with E-state index in [9.17, 15) is 19.5 Å². The number of carbonyl (C=O) groups excluding carboxylic acids is 1. The van der Waals surface area contributed by atoms with Crippen LogP contribution in [0.15, 0.2) is 17.1 Å². The number of aromatic hydroxyl groups is 1. The fraction of sp³-hybridized carbons (Fsp3) is 0.444. The van der Waals surface area contributed by atoms with Gasteiger partial charge in [0.2, 0.25) is 0 Å². The Morgan fingerprint density at radius 3 is 2.77 bits per heavy atom. The van der Waals surface area contributed by atoms with Crippen LogP contribution >= 0.6 is 0 Å². The SMILES string of the molecule is Cn1c(=O)c(C(=O)CCC(=O)O)c(O)c2cc(C3CCCCO3)cnc21. The lowest BCUT2D eigenvalue weighted by atomic mass is 10.00. The number of hydrogen-bond acceptors (Lipinski definition) is 6. The lowest BCUT2D eigenvalue weighted by molar-refractivity contribution is -0.136. The number of ketones is 1. The molecule has 3 rings (SSSR count). The highest BCUT2D eigenvalue weighted by Crippen LogP contribution is 2.32. The normalized spacial score (nSPS) is 17.3. The monoisotopic (exact) mass is 360 g/mol. The van der Waals surface area contributed by atoms with Crippen molar-refractivity contribution in [2.75, 3.05) is 6.61 Å². The fourth-order valence-corrected chi connectivity index (χ4v) is 3.19. The summed E-state index contributed by atoms with van der Waals surface area (Å²) in [7, 11) is 1.46. The van der Waals surface area contributed by atoms with Crippen molar-refractivity contribution in [2.45, 2.75) is 38.2 Å². The van der Waals surface area contributed by atoms with Crippen molar-refractivity contribution in [2.24, 2.45) is 7.05 Å². The molecular weight excluding hydrogens is 340 g/mol. The molecule has 0 saturated carbocycles. The Hall–Kier alpha value is -2.74. The maximum Gasteiger partial charge on any atom is 0.303 e. The molecule has 3 heterocycles. The van der Waals surface area contributed by atoms with Crippen molar-refractivity contribution < 1.29 is 24.5 Å². The minimum absolute atomic E-state index is 0.136. The number of aryl methyl sites for hydroxylation is 1. The summed E-state index contributed by atoms with van der Waals surface area (Å²) < 4.78 is 6.92. The van der Waals surface area contributed by atoms with E-state index in [0.29, 0.717) is 6.61 Å². The van der Waals surface area contributed by atoms with Crippen molar-refractivity contribution in [1.82, 2.24) is 9.55 Å². The Morgan fingerprint density at radius 1 is 1.35 bits per heavy atom. The van der Waals surface area contributed by atoms with E-state index in [1.54, 1.807) is 12.3 Å². The number of pyridine rings is 2. The maximum absolute atomic E-state index is 12.4. The van der Waals surface area contributed by atoms with Gasteiger partial charge in [-0.1, -0.05) is 0 Å². The second-order valence-electron chi connectivity index (χ2n) is 6.40. The molecule has 0 amide bonds. The number of carbonyl (C=O) groups is 2. The molecule has 1 saturated heterocycles. The lowest BCUT2D eigenvalue weighted by Crippen LogP contribution is -2.26. The summed E-state index contributed by atoms with van der Waals surface area (Å²) >= 11 is 0. The van der Waals surface area contributed by atoms with E-state index in [1.165, 1.54) is 11.6 Å². The van der Waals surface area contributed by atoms with E-state index in [1.807, 2.05) is 0 Å². The zero-order valence-electron chi connectivity index (χ0n) is 14.4. The Kier molecular flexibility index (Phi) is 5.03. The Bertz CT molecular complexity index is 927. The van der Waals surface area contributed by atoms with Crippen LogP contribution in [0.4, 0.5) is 0 Å². The van der Waals surface area contributed by atoms with Gasteiger partial charge in [0.1, 0.15) is 17.0 Å². The minimum Gasteiger partial charge on any atom is -0.506 e. The zero-order valence-corrected chi connectivity index (χ0v) is 14.4. The van der Waals surface area contributed by atoms with Crippen molar-refractivity contribution in [3.63, 3.8) is 0 Å². The number of aliphatic carboxylic acids is 1. The molecule has 2 N–H and O–H groups in total. The van der Waals surface area contributed by atoms with E-state index in [2.05, 4.69) is 4.98 Å². The molecule has 1 unspecified atom stereocenters. The van der Waals surface area contributed by atoms with Gasteiger partial charge in [0.25, 0.3) is 5.56 Å². The molecule has 1 atom stereocenters. The van der Waals surface area contributed by atoms with Crippen LogP contribution in [0.1, 0.15) is 54.1 Å². The number of aromatic nitrogens is 2. The standard InChI is InChI=1S/C18H20N2O6/c1-20-17-11(8-10(9-19-17)13-4-2-3-7-26-13)16(24)15(18(20)25)12(21)5-6-14(22)23/h8-9,13,24H,2-7H2,1H3,(H,22,23). The minimum atomic E-state index is -1.14. The molecular formula is C18H20N2O6. The first-order chi connectivity index (χ1) is 12.4. The van der Waals surface area contributed by atoms with Gasteiger partial charge in [-0.2, -0.15) is 0 Å². The predicted molar refractivity (Wildman–Crippen MR) is 92.4 cm³/mol. The maximum atomic E-state index is 12.4. The van der Waals surface area contributed by atoms with Gasteiger partial charge in [-0.3, -0.25) is 19.0 Å². The molecule has 1 aliphatic heterocycles. The highest BCUT2D eigenvalue weighted by atomic mass is 16.5. The molecule has 1 fully saturated rings. The number of rotatable bonds is 5. The first-order valence-corrected chi connectivity index (χ1v) is 8.48. The van der Waals surface area contributed by atoms with E-state index in [0.717, 1.165) is 24.8 Å². The molecule has 8 nitrogen and oxygen atoms in total. The van der Waals surface area contributed by atoms with E-state index in [4.69, 9.17) is 9.84 Å². The average Bonchev–Trinajstić information content (AvgIpc) is 2.65. The summed E-state index contributed by atoms with van der Waals surface area (Å²) in [6.45, 7) is 0.654. The predicted octanol–water partition coefficient (Wildman–Crippen LogP) is 1.93. The van der Waals surface area contributed by atoms with Gasteiger partial charge in [0, 0.05) is 26.3 Å². The zero-order chi connectivity index (χ0) is 18.8. The Morgan fingerprint density at radius 2 is 2.12 bits per heavy atom. The molecule has 1 aliphatic rings. The van der Waals surface area contributed by atoms with Crippen LogP contribution in [0.5, 0.6) is 5.75 Å². The summed E-state index contributed by atoms with van der Waals surface area (Å²) in [5.41, 5.74) is -0.0683. The first-order valence-electron chi connectivity index (χ1n) is 8.48. The molecule has 0 spiro atoms. The quantitative estimate of drug-likeness (QED) is 0.782. The molecule has 2 aromatic rings. The largest absolute Gasteiger partial charge is 0.506 e. The third-order valence-electron chi connectivity index (χ3n) is 4.61. The smallest absolute Gasteiger partial charge is 0.303 e. The summed E-state index contributed by atoms with van der Waals surface area (Å²) in [4.78, 5) is 39.7. The number of carboxylic acid groups (broad SMARTS) is 1. The molecule has 0 bridgehead atoms. The fourth-order valence-electron chi connectivity index (χ4n) is 3.19. The third-order valence-corrected chi connectivity index (χ3v) is 4.61. The van der Waals surface area contributed by atoms with E-state index in [-0.39, 0.29) is 23.6 Å². The number of Topliss-reactive ketones (excluding diaryl/α,β-unsaturated/α-hetero) is 1. The summed E-state index contributed by atoms with van der Waals surface area (Å²) in [5, 5.41) is 19.6. The molecule has 26 heavy (non-hydrogen) atoms. The average molecular weight is 360 g/mol. The van der Waals surface area contributed by atoms with Gasteiger partial charge >= 0.3 is 5.97 Å². The van der Waals surface area contributed by atoms with Crippen LogP contribution in [0.2, 0.25) is 0 Å². The Balaban J connectivity index is 2.09. The van der Waals surface area contributed by atoms with E-state index < -0.39 is 35.0 Å². The van der Waals surface area contributed by atoms with Crippen molar-refractivity contribution in [3.05, 3.63) is 33.7 Å². The second-order valence-corrected chi connectivity index (χ2v) is 6.40. The van der Waals surface area contributed by atoms with Crippen LogP contribution in [0.25, 0.3) is 11.0 Å². The highest BCUT2D eigenvalue weighted by Gasteiger charge is 2.24. The van der Waals surface area contributed by atoms with Crippen molar-refractivity contribution >= 4 is 22.8 Å². The Labute approximate surface area is 149 Å².